The first-order valence-electron chi connectivity index (χ1n) is 8.47. The zero-order valence-electron chi connectivity index (χ0n) is 15.9. The minimum atomic E-state index is -0.566. The van der Waals surface area contributed by atoms with E-state index in [-0.39, 0.29) is 5.82 Å². The number of fused-ring (bicyclic) bond motifs is 1. The van der Waals surface area contributed by atoms with Gasteiger partial charge in [-0.1, -0.05) is 6.07 Å². The second kappa shape index (κ2) is 5.57. The molecule has 0 unspecified atom stereocenters. The molecule has 1 aromatic heterocycles. The van der Waals surface area contributed by atoms with E-state index in [2.05, 4.69) is 9.97 Å². The van der Waals surface area contributed by atoms with E-state index in [1.807, 2.05) is 66.7 Å². The van der Waals surface area contributed by atoms with Crippen molar-refractivity contribution in [2.75, 3.05) is 0 Å². The van der Waals surface area contributed by atoms with E-state index in [1.165, 1.54) is 0 Å². The van der Waals surface area contributed by atoms with Gasteiger partial charge >= 0.3 is 13.1 Å². The fraction of sp³-hybridized carbons (Fsp3) is 0.556. The molecule has 1 N–H and O–H groups in total. The van der Waals surface area contributed by atoms with Gasteiger partial charge in [0.05, 0.1) is 22.2 Å². The number of nitrogens with zero attached hydrogens (tertiary/aromatic N) is 1. The Balaban J connectivity index is 1.88. The number of hydrogen-bond acceptors (Lipinski definition) is 5. The van der Waals surface area contributed by atoms with E-state index >= 15 is 0 Å². The summed E-state index contributed by atoms with van der Waals surface area (Å²) in [6.07, 6.45) is 0. The summed E-state index contributed by atoms with van der Waals surface area (Å²) in [5.74, 6) is -0.281. The van der Waals surface area contributed by atoms with Crippen molar-refractivity contribution in [2.24, 2.45) is 0 Å². The van der Waals surface area contributed by atoms with E-state index in [1.54, 1.807) is 0 Å². The van der Waals surface area contributed by atoms with E-state index in [4.69, 9.17) is 14.0 Å². The van der Waals surface area contributed by atoms with Crippen molar-refractivity contribution in [3.63, 3.8) is 0 Å². The summed E-state index contributed by atoms with van der Waals surface area (Å²) in [5, 5.41) is 0. The molecule has 0 aliphatic carbocycles. The van der Waals surface area contributed by atoms with Crippen LogP contribution in [0.2, 0.25) is 0 Å². The minimum Gasteiger partial charge on any atom is -0.454 e. The van der Waals surface area contributed by atoms with Crippen molar-refractivity contribution in [3.05, 3.63) is 24.0 Å². The molecule has 0 spiro atoms. The highest BCUT2D eigenvalue weighted by molar-refractivity contribution is 6.62. The molecule has 1 aromatic carbocycles. The van der Waals surface area contributed by atoms with Gasteiger partial charge in [-0.15, -0.1) is 0 Å². The maximum Gasteiger partial charge on any atom is 0.494 e. The number of H-pyrrole nitrogens is 1. The lowest BCUT2D eigenvalue weighted by Gasteiger charge is -2.32. The SMILES string of the molecule is CC(C)(C)OC(=O)c1nc2ccc(B3OC(C)(C)C(C)(C)O3)cc2[nH]1. The highest BCUT2D eigenvalue weighted by Gasteiger charge is 2.51. The van der Waals surface area contributed by atoms with Crippen LogP contribution in [0.5, 0.6) is 0 Å². The number of rotatable bonds is 2. The summed E-state index contributed by atoms with van der Waals surface area (Å²) in [5.41, 5.74) is 0.953. The summed E-state index contributed by atoms with van der Waals surface area (Å²) in [6.45, 7) is 13.5. The summed E-state index contributed by atoms with van der Waals surface area (Å²) in [4.78, 5) is 19.5. The van der Waals surface area contributed by atoms with Crippen molar-refractivity contribution in [2.45, 2.75) is 65.3 Å². The Morgan fingerprint density at radius 1 is 1.16 bits per heavy atom. The number of esters is 1. The van der Waals surface area contributed by atoms with Crippen LogP contribution < -0.4 is 5.46 Å². The molecule has 7 heteroatoms. The highest BCUT2D eigenvalue weighted by Crippen LogP contribution is 2.36. The van der Waals surface area contributed by atoms with Crippen LogP contribution in [-0.4, -0.2) is 39.9 Å². The van der Waals surface area contributed by atoms with Gasteiger partial charge in [0.15, 0.2) is 0 Å². The predicted octanol–water partition coefficient (Wildman–Crippen LogP) is 2.82. The van der Waals surface area contributed by atoms with Crippen molar-refractivity contribution in [1.82, 2.24) is 9.97 Å². The van der Waals surface area contributed by atoms with Crippen LogP contribution in [0.1, 0.15) is 59.1 Å². The molecule has 2 aromatic rings. The van der Waals surface area contributed by atoms with Crippen molar-refractivity contribution < 1.29 is 18.8 Å². The smallest absolute Gasteiger partial charge is 0.454 e. The third-order valence-electron chi connectivity index (χ3n) is 4.62. The predicted molar refractivity (Wildman–Crippen MR) is 97.0 cm³/mol. The Hall–Kier alpha value is -1.86. The number of imidazole rings is 1. The molecule has 0 amide bonds. The molecular weight excluding hydrogens is 319 g/mol. The van der Waals surface area contributed by atoms with E-state index in [9.17, 15) is 4.79 Å². The van der Waals surface area contributed by atoms with Gasteiger partial charge in [0, 0.05) is 0 Å². The monoisotopic (exact) mass is 344 g/mol. The number of benzene rings is 1. The molecule has 1 saturated heterocycles. The number of ether oxygens (including phenoxy) is 1. The van der Waals surface area contributed by atoms with E-state index in [0.29, 0.717) is 5.52 Å². The van der Waals surface area contributed by atoms with Crippen LogP contribution in [0.15, 0.2) is 18.2 Å². The van der Waals surface area contributed by atoms with Crippen LogP contribution in [-0.2, 0) is 14.0 Å². The molecule has 6 nitrogen and oxygen atoms in total. The first-order chi connectivity index (χ1) is 11.4. The summed E-state index contributed by atoms with van der Waals surface area (Å²) in [7, 11) is -0.456. The van der Waals surface area contributed by atoms with Crippen molar-refractivity contribution in [3.8, 4) is 0 Å². The largest absolute Gasteiger partial charge is 0.494 e. The average molecular weight is 344 g/mol. The number of aromatic amines is 1. The van der Waals surface area contributed by atoms with Crippen LogP contribution in [0, 0.1) is 0 Å². The van der Waals surface area contributed by atoms with Gasteiger partial charge in [0.25, 0.3) is 0 Å². The van der Waals surface area contributed by atoms with Gasteiger partial charge in [-0.2, -0.15) is 0 Å². The number of aromatic nitrogens is 2. The number of nitrogens with one attached hydrogen (secondary N) is 1. The molecule has 1 aliphatic heterocycles. The second-order valence-corrected chi connectivity index (χ2v) is 8.45. The molecule has 1 fully saturated rings. The standard InChI is InChI=1S/C18H25BN2O4/c1-16(2,3)23-15(22)14-20-12-9-8-11(10-13(12)21-14)19-24-17(4,5)18(6,7)25-19/h8-10H,1-7H3,(H,20,21). The third kappa shape index (κ3) is 3.44. The zero-order valence-corrected chi connectivity index (χ0v) is 15.9. The third-order valence-corrected chi connectivity index (χ3v) is 4.62. The maximum absolute atomic E-state index is 12.2. The first-order valence-corrected chi connectivity index (χ1v) is 8.47. The van der Waals surface area contributed by atoms with Crippen LogP contribution in [0.3, 0.4) is 0 Å². The van der Waals surface area contributed by atoms with Crippen molar-refractivity contribution in [1.29, 1.82) is 0 Å². The van der Waals surface area contributed by atoms with Crippen LogP contribution in [0.25, 0.3) is 11.0 Å². The van der Waals surface area contributed by atoms with Gasteiger partial charge < -0.3 is 19.0 Å². The molecule has 0 saturated carbocycles. The fourth-order valence-corrected chi connectivity index (χ4v) is 2.58. The number of hydrogen-bond donors (Lipinski definition) is 1. The van der Waals surface area contributed by atoms with E-state index in [0.717, 1.165) is 11.0 Å². The Labute approximate surface area is 148 Å². The van der Waals surface area contributed by atoms with Gasteiger partial charge in [0.2, 0.25) is 5.82 Å². The second-order valence-electron chi connectivity index (χ2n) is 8.45. The van der Waals surface area contributed by atoms with Gasteiger partial charge in [-0.25, -0.2) is 9.78 Å². The molecule has 134 valence electrons. The fourth-order valence-electron chi connectivity index (χ4n) is 2.58. The van der Waals surface area contributed by atoms with Gasteiger partial charge in [-0.3, -0.25) is 0 Å². The van der Waals surface area contributed by atoms with E-state index < -0.39 is 29.9 Å². The zero-order chi connectivity index (χ0) is 18.6. The lowest BCUT2D eigenvalue weighted by molar-refractivity contribution is 0.00572. The normalized spacial score (nSPS) is 19.4. The van der Waals surface area contributed by atoms with Crippen LogP contribution >= 0.6 is 0 Å². The van der Waals surface area contributed by atoms with Gasteiger partial charge in [-0.05, 0) is 66.1 Å². The minimum absolute atomic E-state index is 0.191. The van der Waals surface area contributed by atoms with Gasteiger partial charge in [0.1, 0.15) is 5.60 Å². The Morgan fingerprint density at radius 3 is 2.32 bits per heavy atom. The molecule has 3 rings (SSSR count). The molecule has 1 aliphatic rings. The highest BCUT2D eigenvalue weighted by atomic mass is 16.7. The molecule has 0 radical (unpaired) electrons. The Kier molecular flexibility index (Phi) is 4.00. The maximum atomic E-state index is 12.2. The topological polar surface area (TPSA) is 73.4 Å². The Morgan fingerprint density at radius 2 is 1.76 bits per heavy atom. The number of carbonyl (C=O) groups excluding carboxylic acids is 1. The molecular formula is C18H25BN2O4. The lowest BCUT2D eigenvalue weighted by atomic mass is 9.79. The van der Waals surface area contributed by atoms with Crippen LogP contribution in [0.4, 0.5) is 0 Å². The summed E-state index contributed by atoms with van der Waals surface area (Å²) in [6, 6.07) is 5.66. The lowest BCUT2D eigenvalue weighted by Crippen LogP contribution is -2.41. The molecule has 2 heterocycles. The quantitative estimate of drug-likeness (QED) is 0.670. The number of carbonyl (C=O) groups is 1. The average Bonchev–Trinajstić information content (AvgIpc) is 2.95. The Bertz CT molecular complexity index is 804. The molecule has 0 atom stereocenters. The molecule has 25 heavy (non-hydrogen) atoms. The van der Waals surface area contributed by atoms with Crippen molar-refractivity contribution >= 4 is 29.6 Å². The summed E-state index contributed by atoms with van der Waals surface area (Å²) < 4.78 is 17.5. The first kappa shape index (κ1) is 18.0. The molecule has 0 bridgehead atoms. The summed E-state index contributed by atoms with van der Waals surface area (Å²) >= 11 is 0.